The molecule has 1 aromatic carbocycles. The molecular weight excluding hydrogens is 702 g/mol. The first kappa shape index (κ1) is 45.9. The van der Waals surface area contributed by atoms with E-state index in [-0.39, 0.29) is 65.9 Å². The van der Waals surface area contributed by atoms with Gasteiger partial charge in [0.25, 0.3) is 5.69 Å². The number of carbonyl (C=O) groups excluding carboxylic acids is 4. The second kappa shape index (κ2) is 24.2. The molecule has 0 aliphatic rings. The number of ether oxygens (including phenoxy) is 4. The summed E-state index contributed by atoms with van der Waals surface area (Å²) in [6.07, 6.45) is 3.70. The molecule has 7 N–H and O–H groups in total. The lowest BCUT2D eigenvalue weighted by Gasteiger charge is -2.22. The summed E-state index contributed by atoms with van der Waals surface area (Å²) >= 11 is 1.14. The van der Waals surface area contributed by atoms with Gasteiger partial charge in [-0.1, -0.05) is 19.3 Å². The van der Waals surface area contributed by atoms with Crippen LogP contribution in [0.2, 0.25) is 0 Å². The van der Waals surface area contributed by atoms with Gasteiger partial charge in [0.1, 0.15) is 23.5 Å². The number of ketones is 1. The van der Waals surface area contributed by atoms with E-state index in [1.54, 1.807) is 20.8 Å². The Balaban J connectivity index is 2.67. The Morgan fingerprint density at radius 2 is 1.63 bits per heavy atom. The molecule has 17 nitrogen and oxygen atoms in total. The predicted molar refractivity (Wildman–Crippen MR) is 194 cm³/mol. The molecule has 2 amide bonds. The van der Waals surface area contributed by atoms with Crippen LogP contribution in [0.1, 0.15) is 90.5 Å². The van der Waals surface area contributed by atoms with Crippen LogP contribution >= 0.6 is 11.8 Å². The molecule has 0 heterocycles. The average Bonchev–Trinajstić information content (AvgIpc) is 3.07. The van der Waals surface area contributed by atoms with E-state index in [1.165, 1.54) is 26.4 Å². The maximum Gasteiger partial charge on any atom is 0.408 e. The zero-order valence-electron chi connectivity index (χ0n) is 30.7. The molecule has 0 bridgehead atoms. The first-order chi connectivity index (χ1) is 24.5. The van der Waals surface area contributed by atoms with E-state index in [2.05, 4.69) is 10.6 Å². The molecule has 18 heteroatoms. The van der Waals surface area contributed by atoms with E-state index in [9.17, 15) is 39.2 Å². The third-order valence-corrected chi connectivity index (χ3v) is 8.60. The van der Waals surface area contributed by atoms with Crippen LogP contribution in [0.3, 0.4) is 0 Å². The Labute approximate surface area is 308 Å². The molecule has 0 saturated heterocycles. The van der Waals surface area contributed by atoms with Crippen LogP contribution in [-0.2, 0) is 34.4 Å². The van der Waals surface area contributed by atoms with Crippen molar-refractivity contribution in [2.24, 2.45) is 11.5 Å². The third kappa shape index (κ3) is 18.4. The van der Waals surface area contributed by atoms with Gasteiger partial charge >= 0.3 is 18.0 Å². The highest BCUT2D eigenvalue weighted by molar-refractivity contribution is 7.98. The van der Waals surface area contributed by atoms with E-state index in [1.807, 2.05) is 0 Å². The van der Waals surface area contributed by atoms with Crippen LogP contribution in [0.4, 0.5) is 10.5 Å². The van der Waals surface area contributed by atoms with Crippen LogP contribution < -0.4 is 31.6 Å². The highest BCUT2D eigenvalue weighted by Gasteiger charge is 2.27. The van der Waals surface area contributed by atoms with Gasteiger partial charge in [-0.25, -0.2) is 14.4 Å². The number of nitrogens with one attached hydrogen (secondary N) is 2. The van der Waals surface area contributed by atoms with Gasteiger partial charge in [-0.2, -0.15) is 11.8 Å². The number of aliphatic carboxylic acids is 1. The number of nitro benzene ring substituents is 1. The molecule has 0 saturated carbocycles. The van der Waals surface area contributed by atoms with Crippen LogP contribution in [0.5, 0.6) is 11.5 Å². The van der Waals surface area contributed by atoms with Crippen molar-refractivity contribution >= 4 is 47.2 Å². The second-order valence-corrected chi connectivity index (χ2v) is 14.0. The molecule has 52 heavy (non-hydrogen) atoms. The van der Waals surface area contributed by atoms with Gasteiger partial charge in [0.2, 0.25) is 5.91 Å². The van der Waals surface area contributed by atoms with Gasteiger partial charge in [0, 0.05) is 29.9 Å². The van der Waals surface area contributed by atoms with Gasteiger partial charge < -0.3 is 46.2 Å². The summed E-state index contributed by atoms with van der Waals surface area (Å²) in [5.74, 6) is -2.03. The first-order valence-corrected chi connectivity index (χ1v) is 18.3. The molecule has 294 valence electrons. The number of esters is 1. The van der Waals surface area contributed by atoms with Gasteiger partial charge in [-0.05, 0) is 65.5 Å². The zero-order valence-corrected chi connectivity index (χ0v) is 31.6. The van der Waals surface area contributed by atoms with Crippen LogP contribution in [-0.4, -0.2) is 96.6 Å². The Morgan fingerprint density at radius 3 is 2.23 bits per heavy atom. The number of nitro groups is 1. The number of nitrogens with zero attached hydrogens (tertiary/aromatic N) is 1. The Kier molecular flexibility index (Phi) is 21.3. The lowest BCUT2D eigenvalue weighted by atomic mass is 10.00. The van der Waals surface area contributed by atoms with Gasteiger partial charge in [0.15, 0.2) is 11.5 Å². The lowest BCUT2D eigenvalue weighted by molar-refractivity contribution is -0.385. The average molecular weight is 758 g/mol. The van der Waals surface area contributed by atoms with Crippen molar-refractivity contribution in [3.8, 4) is 11.5 Å². The number of amides is 2. The molecule has 1 rings (SSSR count). The monoisotopic (exact) mass is 757 g/mol. The maximum atomic E-state index is 12.5. The smallest absolute Gasteiger partial charge is 0.408 e. The summed E-state index contributed by atoms with van der Waals surface area (Å²) in [6.45, 7) is 5.55. The minimum Gasteiger partial charge on any atom is -0.493 e. The minimum absolute atomic E-state index is 0.0215. The summed E-state index contributed by atoms with van der Waals surface area (Å²) in [5.41, 5.74) is 10.6. The summed E-state index contributed by atoms with van der Waals surface area (Å²) < 4.78 is 21.1. The van der Waals surface area contributed by atoms with Crippen molar-refractivity contribution in [3.05, 3.63) is 27.8 Å². The van der Waals surface area contributed by atoms with E-state index >= 15 is 0 Å². The first-order valence-electron chi connectivity index (χ1n) is 17.2. The lowest BCUT2D eigenvalue weighted by Crippen LogP contribution is -2.45. The Hall–Kier alpha value is -4.16. The normalized spacial score (nSPS) is 12.9. The molecule has 0 aliphatic heterocycles. The van der Waals surface area contributed by atoms with Crippen molar-refractivity contribution in [3.63, 3.8) is 0 Å². The van der Waals surface area contributed by atoms with Crippen LogP contribution in [0, 0.1) is 10.1 Å². The van der Waals surface area contributed by atoms with Crippen molar-refractivity contribution in [2.75, 3.05) is 33.1 Å². The largest absolute Gasteiger partial charge is 0.493 e. The second-order valence-electron chi connectivity index (χ2n) is 13.0. The number of hydrogen-bond acceptors (Lipinski definition) is 14. The number of carboxylic acids is 1. The van der Waals surface area contributed by atoms with E-state index < -0.39 is 52.6 Å². The van der Waals surface area contributed by atoms with Crippen LogP contribution in [0.15, 0.2) is 12.1 Å². The van der Waals surface area contributed by atoms with E-state index in [0.29, 0.717) is 38.6 Å². The Bertz CT molecular complexity index is 1340. The predicted octanol–water partition coefficient (Wildman–Crippen LogP) is 3.61. The number of carboxylic acid groups (broad SMARTS) is 1. The molecule has 1 aromatic rings. The number of unbranched alkanes of at least 4 members (excludes halogenated alkanes) is 3. The Morgan fingerprint density at radius 1 is 0.942 bits per heavy atom. The number of carbonyl (C=O) groups is 5. The third-order valence-electron chi connectivity index (χ3n) is 7.52. The number of thioether (sulfide) groups is 1. The summed E-state index contributed by atoms with van der Waals surface area (Å²) in [6, 6.07) is -0.0356. The molecule has 0 radical (unpaired) electrons. The van der Waals surface area contributed by atoms with E-state index in [0.717, 1.165) is 24.6 Å². The number of alkyl carbamates (subject to hydrolysis) is 1. The standard InChI is InChI=1S/C34H55N5O12S/c1-34(2,3)51-33(45)38-25(32(44)49-5)21-52-20-22-18-28(48-4)29(19-26(22)39(46)47)50-17-11-15-30(41)37-24(31(42)43)13-7-6-8-14-27(40)23(36)12-9-10-16-35/h18-19,23-25H,6-17,20-21,35-36H2,1-5H3,(H,37,41)(H,38,45)(H,42,43). The summed E-state index contributed by atoms with van der Waals surface area (Å²) in [5, 5.41) is 26.4. The summed E-state index contributed by atoms with van der Waals surface area (Å²) in [4.78, 5) is 72.1. The van der Waals surface area contributed by atoms with Gasteiger partial charge in [-0.3, -0.25) is 19.7 Å². The van der Waals surface area contributed by atoms with Crippen molar-refractivity contribution < 1.29 is 52.9 Å². The SMILES string of the molecule is COC(=O)C(CSCc1cc(OC)c(OCCCC(=O)NC(CCCCCC(=O)C(N)CCCCN)C(=O)O)cc1[N+](=O)[O-])NC(=O)OC(C)(C)C. The van der Waals surface area contributed by atoms with Crippen molar-refractivity contribution in [1.29, 1.82) is 0 Å². The number of Topliss-reactive ketones (excluding diaryl/α,β-unsaturated/α-hetero) is 1. The van der Waals surface area contributed by atoms with E-state index in [4.69, 9.17) is 30.4 Å². The fourth-order valence-corrected chi connectivity index (χ4v) is 5.84. The fourth-order valence-electron chi connectivity index (χ4n) is 4.81. The highest BCUT2D eigenvalue weighted by Crippen LogP contribution is 2.36. The number of hydrogen-bond donors (Lipinski definition) is 5. The minimum atomic E-state index is -1.17. The topological polar surface area (TPSA) is 262 Å². The highest BCUT2D eigenvalue weighted by atomic mass is 32.2. The van der Waals surface area contributed by atoms with Crippen LogP contribution in [0.25, 0.3) is 0 Å². The number of benzene rings is 1. The quantitative estimate of drug-likeness (QED) is 0.0391. The molecule has 3 atom stereocenters. The van der Waals surface area contributed by atoms with Crippen molar-refractivity contribution in [1.82, 2.24) is 10.6 Å². The van der Waals surface area contributed by atoms with Gasteiger partial charge in [-0.15, -0.1) is 0 Å². The van der Waals surface area contributed by atoms with Crippen molar-refractivity contribution in [2.45, 2.75) is 114 Å². The maximum absolute atomic E-state index is 12.5. The molecule has 0 aromatic heterocycles. The number of rotatable bonds is 26. The summed E-state index contributed by atoms with van der Waals surface area (Å²) in [7, 11) is 2.53. The molecule has 0 fully saturated rings. The molecule has 0 aliphatic carbocycles. The zero-order chi connectivity index (χ0) is 39.3. The molecule has 0 spiro atoms. The van der Waals surface area contributed by atoms with Gasteiger partial charge in [0.05, 0.1) is 37.9 Å². The fraction of sp³-hybridized carbons (Fsp3) is 0.676. The molecule has 3 unspecified atom stereocenters. The molecular formula is C34H55N5O12S. The number of nitrogens with two attached hydrogens (primary N) is 2. The number of methoxy groups -OCH3 is 2.